The molecule has 3 nitrogen and oxygen atoms in total. The summed E-state index contributed by atoms with van der Waals surface area (Å²) >= 11 is 0. The zero-order valence-corrected chi connectivity index (χ0v) is 9.90. The Labute approximate surface area is 96.5 Å². The summed E-state index contributed by atoms with van der Waals surface area (Å²) in [5.74, 6) is 0.899. The Morgan fingerprint density at radius 2 is 2.31 bits per heavy atom. The van der Waals surface area contributed by atoms with Crippen molar-refractivity contribution in [1.29, 1.82) is 0 Å². The molecule has 1 aliphatic rings. The van der Waals surface area contributed by atoms with Crippen molar-refractivity contribution in [3.05, 3.63) is 29.3 Å². The molecule has 0 aromatic heterocycles. The summed E-state index contributed by atoms with van der Waals surface area (Å²) in [5.41, 5.74) is 8.23. The number of benzene rings is 1. The van der Waals surface area contributed by atoms with Gasteiger partial charge in [-0.2, -0.15) is 0 Å². The summed E-state index contributed by atoms with van der Waals surface area (Å²) in [4.78, 5) is 0. The maximum absolute atomic E-state index is 5.95. The fraction of sp³-hybridized carbons (Fsp3) is 0.538. The number of rotatable bonds is 3. The molecule has 2 atom stereocenters. The van der Waals surface area contributed by atoms with Crippen LogP contribution in [0.25, 0.3) is 0 Å². The first kappa shape index (κ1) is 11.4. The lowest BCUT2D eigenvalue weighted by Gasteiger charge is -2.18. The van der Waals surface area contributed by atoms with E-state index >= 15 is 0 Å². The van der Waals surface area contributed by atoms with Crippen LogP contribution in [0.15, 0.2) is 18.2 Å². The summed E-state index contributed by atoms with van der Waals surface area (Å²) in [6.45, 7) is 5.53. The highest BCUT2D eigenvalue weighted by atomic mass is 16.5. The van der Waals surface area contributed by atoms with E-state index in [4.69, 9.17) is 15.2 Å². The molecule has 1 aromatic rings. The molecule has 2 rings (SSSR count). The Hall–Kier alpha value is -1.06. The molecule has 16 heavy (non-hydrogen) atoms. The van der Waals surface area contributed by atoms with Crippen LogP contribution in [-0.4, -0.2) is 19.3 Å². The van der Waals surface area contributed by atoms with Gasteiger partial charge in [0.25, 0.3) is 0 Å². The van der Waals surface area contributed by atoms with Crippen molar-refractivity contribution < 1.29 is 9.47 Å². The monoisotopic (exact) mass is 221 g/mol. The van der Waals surface area contributed by atoms with Crippen LogP contribution in [0.1, 0.15) is 30.5 Å². The first-order chi connectivity index (χ1) is 7.66. The molecule has 0 bridgehead atoms. The van der Waals surface area contributed by atoms with Gasteiger partial charge in [0.1, 0.15) is 11.9 Å². The van der Waals surface area contributed by atoms with Crippen molar-refractivity contribution in [2.75, 3.05) is 13.2 Å². The van der Waals surface area contributed by atoms with Crippen molar-refractivity contribution in [2.45, 2.75) is 32.4 Å². The van der Waals surface area contributed by atoms with Gasteiger partial charge >= 0.3 is 0 Å². The zero-order valence-electron chi connectivity index (χ0n) is 9.90. The van der Waals surface area contributed by atoms with Gasteiger partial charge in [0.2, 0.25) is 0 Å². The van der Waals surface area contributed by atoms with E-state index < -0.39 is 0 Å². The Bertz CT molecular complexity index is 357. The molecule has 0 amide bonds. The summed E-state index contributed by atoms with van der Waals surface area (Å²) in [6, 6.07) is 6.15. The Kier molecular flexibility index (Phi) is 3.46. The van der Waals surface area contributed by atoms with Crippen LogP contribution in [0.4, 0.5) is 0 Å². The van der Waals surface area contributed by atoms with Gasteiger partial charge in [-0.1, -0.05) is 17.7 Å². The van der Waals surface area contributed by atoms with Gasteiger partial charge in [-0.25, -0.2) is 0 Å². The molecule has 1 saturated heterocycles. The average molecular weight is 221 g/mol. The fourth-order valence-electron chi connectivity index (χ4n) is 1.92. The molecule has 1 fully saturated rings. The predicted octanol–water partition coefficient (Wildman–Crippen LogP) is 2.18. The Morgan fingerprint density at radius 3 is 2.94 bits per heavy atom. The van der Waals surface area contributed by atoms with Gasteiger partial charge in [-0.15, -0.1) is 0 Å². The van der Waals surface area contributed by atoms with Crippen LogP contribution in [0, 0.1) is 6.92 Å². The zero-order chi connectivity index (χ0) is 11.5. The third-order valence-corrected chi connectivity index (χ3v) is 2.84. The van der Waals surface area contributed by atoms with Crippen molar-refractivity contribution in [3.8, 4) is 5.75 Å². The molecule has 1 aromatic carbocycles. The highest BCUT2D eigenvalue weighted by molar-refractivity contribution is 5.38. The molecule has 1 unspecified atom stereocenters. The summed E-state index contributed by atoms with van der Waals surface area (Å²) in [5, 5.41) is 0. The average Bonchev–Trinajstić information content (AvgIpc) is 2.73. The molecule has 3 heteroatoms. The van der Waals surface area contributed by atoms with E-state index in [1.54, 1.807) is 0 Å². The molecule has 2 N–H and O–H groups in total. The summed E-state index contributed by atoms with van der Waals surface area (Å²) < 4.78 is 11.2. The van der Waals surface area contributed by atoms with E-state index in [0.29, 0.717) is 6.61 Å². The quantitative estimate of drug-likeness (QED) is 0.850. The van der Waals surface area contributed by atoms with Crippen molar-refractivity contribution >= 4 is 0 Å². The molecule has 0 saturated carbocycles. The minimum atomic E-state index is -0.00257. The van der Waals surface area contributed by atoms with Crippen molar-refractivity contribution in [3.63, 3.8) is 0 Å². The Balaban J connectivity index is 2.18. The van der Waals surface area contributed by atoms with Gasteiger partial charge < -0.3 is 15.2 Å². The second kappa shape index (κ2) is 4.85. The van der Waals surface area contributed by atoms with Gasteiger partial charge in [-0.3, -0.25) is 0 Å². The minimum Gasteiger partial charge on any atom is -0.488 e. The molecular weight excluding hydrogens is 202 g/mol. The molecule has 0 aliphatic carbocycles. The summed E-state index contributed by atoms with van der Waals surface area (Å²) in [7, 11) is 0. The normalized spacial score (nSPS) is 22.1. The maximum Gasteiger partial charge on any atom is 0.124 e. The van der Waals surface area contributed by atoms with E-state index in [0.717, 1.165) is 24.3 Å². The van der Waals surface area contributed by atoms with Crippen LogP contribution in [-0.2, 0) is 4.74 Å². The van der Waals surface area contributed by atoms with Gasteiger partial charge in [-0.05, 0) is 19.9 Å². The van der Waals surface area contributed by atoms with Crippen LogP contribution in [0.5, 0.6) is 5.75 Å². The molecule has 88 valence electrons. The second-order valence-corrected chi connectivity index (χ2v) is 4.43. The lowest BCUT2D eigenvalue weighted by atomic mass is 10.0. The number of nitrogens with two attached hydrogens (primary N) is 1. The maximum atomic E-state index is 5.95. The van der Waals surface area contributed by atoms with E-state index in [-0.39, 0.29) is 12.1 Å². The predicted molar refractivity (Wildman–Crippen MR) is 63.6 cm³/mol. The SMILES string of the molecule is Cc1ccc(OC2CCOC2)c([C@H](C)N)c1. The van der Waals surface area contributed by atoms with E-state index in [9.17, 15) is 0 Å². The van der Waals surface area contributed by atoms with Crippen molar-refractivity contribution in [2.24, 2.45) is 5.73 Å². The van der Waals surface area contributed by atoms with Crippen LogP contribution in [0.3, 0.4) is 0 Å². The summed E-state index contributed by atoms with van der Waals surface area (Å²) in [6.07, 6.45) is 1.15. The molecule has 1 aliphatic heterocycles. The van der Waals surface area contributed by atoms with Gasteiger partial charge in [0, 0.05) is 18.0 Å². The molecule has 1 heterocycles. The molecular formula is C13H19NO2. The fourth-order valence-corrected chi connectivity index (χ4v) is 1.92. The van der Waals surface area contributed by atoms with E-state index in [1.807, 2.05) is 13.0 Å². The van der Waals surface area contributed by atoms with E-state index in [1.165, 1.54) is 5.56 Å². The first-order valence-electron chi connectivity index (χ1n) is 5.77. The van der Waals surface area contributed by atoms with Gasteiger partial charge in [0.05, 0.1) is 13.2 Å². The standard InChI is InChI=1S/C13H19NO2/c1-9-3-4-13(12(7-9)10(2)14)16-11-5-6-15-8-11/h3-4,7,10-11H,5-6,8,14H2,1-2H3/t10-,11?/m0/s1. The number of aryl methyl sites for hydroxylation is 1. The molecule has 0 spiro atoms. The van der Waals surface area contributed by atoms with Crippen LogP contribution < -0.4 is 10.5 Å². The lowest BCUT2D eigenvalue weighted by molar-refractivity contribution is 0.140. The molecule has 0 radical (unpaired) electrons. The highest BCUT2D eigenvalue weighted by Crippen LogP contribution is 2.27. The van der Waals surface area contributed by atoms with Crippen LogP contribution >= 0.6 is 0 Å². The number of hydrogen-bond donors (Lipinski definition) is 1. The smallest absolute Gasteiger partial charge is 0.124 e. The third kappa shape index (κ3) is 2.54. The Morgan fingerprint density at radius 1 is 1.50 bits per heavy atom. The van der Waals surface area contributed by atoms with Crippen LogP contribution in [0.2, 0.25) is 0 Å². The topological polar surface area (TPSA) is 44.5 Å². The number of hydrogen-bond acceptors (Lipinski definition) is 3. The third-order valence-electron chi connectivity index (χ3n) is 2.84. The first-order valence-corrected chi connectivity index (χ1v) is 5.77. The second-order valence-electron chi connectivity index (χ2n) is 4.43. The van der Waals surface area contributed by atoms with Gasteiger partial charge in [0.15, 0.2) is 0 Å². The lowest BCUT2D eigenvalue weighted by Crippen LogP contribution is -2.18. The number of ether oxygens (including phenoxy) is 2. The largest absolute Gasteiger partial charge is 0.488 e. The van der Waals surface area contributed by atoms with Crippen molar-refractivity contribution in [1.82, 2.24) is 0 Å². The van der Waals surface area contributed by atoms with E-state index in [2.05, 4.69) is 19.1 Å². The minimum absolute atomic E-state index is 0.00257. The highest BCUT2D eigenvalue weighted by Gasteiger charge is 2.19.